The molecule has 1 heterocycles. The Morgan fingerprint density at radius 3 is 2.94 bits per heavy atom. The number of benzene rings is 1. The van der Waals surface area contributed by atoms with Crippen LogP contribution in [0.25, 0.3) is 0 Å². The molecule has 1 aromatic rings. The molecular formula is C12H9N3O. The molecule has 1 aliphatic rings. The van der Waals surface area contributed by atoms with Crippen LogP contribution in [0.2, 0.25) is 0 Å². The minimum absolute atomic E-state index is 0.0523. The van der Waals surface area contributed by atoms with Crippen molar-refractivity contribution in [2.45, 2.75) is 6.42 Å². The van der Waals surface area contributed by atoms with Gasteiger partial charge in [-0.2, -0.15) is 10.5 Å². The van der Waals surface area contributed by atoms with Crippen LogP contribution in [-0.2, 0) is 6.42 Å². The largest absolute Gasteiger partial charge is 0.493 e. The van der Waals surface area contributed by atoms with Gasteiger partial charge in [0, 0.05) is 23.9 Å². The standard InChI is InChI=1S/C12H9N3O/c13-6-9(7-14)8-15-11-2-1-3-12-10(11)4-5-16-12/h1-3,8,15H,4-5H2. The second-order valence-corrected chi connectivity index (χ2v) is 3.31. The van der Waals surface area contributed by atoms with Crippen LogP contribution in [0.4, 0.5) is 5.69 Å². The lowest BCUT2D eigenvalue weighted by Gasteiger charge is -2.05. The lowest BCUT2D eigenvalue weighted by Crippen LogP contribution is -1.93. The van der Waals surface area contributed by atoms with Crippen molar-refractivity contribution in [3.05, 3.63) is 35.5 Å². The molecule has 78 valence electrons. The number of hydrogen-bond donors (Lipinski definition) is 1. The summed E-state index contributed by atoms with van der Waals surface area (Å²) < 4.78 is 5.41. The molecule has 0 atom stereocenters. The van der Waals surface area contributed by atoms with Crippen LogP contribution in [0.1, 0.15) is 5.56 Å². The summed E-state index contributed by atoms with van der Waals surface area (Å²) in [6.45, 7) is 0.682. The van der Waals surface area contributed by atoms with Crippen molar-refractivity contribution in [2.75, 3.05) is 11.9 Å². The first kappa shape index (κ1) is 10.1. The van der Waals surface area contributed by atoms with Gasteiger partial charge in [0.15, 0.2) is 0 Å². The third kappa shape index (κ3) is 1.82. The van der Waals surface area contributed by atoms with Crippen molar-refractivity contribution < 1.29 is 4.74 Å². The summed E-state index contributed by atoms with van der Waals surface area (Å²) in [6.07, 6.45) is 2.26. The first-order valence-corrected chi connectivity index (χ1v) is 4.86. The second kappa shape index (κ2) is 4.37. The van der Waals surface area contributed by atoms with Crippen LogP contribution in [0.5, 0.6) is 5.75 Å². The predicted molar refractivity (Wildman–Crippen MR) is 58.6 cm³/mol. The number of anilines is 1. The van der Waals surface area contributed by atoms with E-state index in [0.717, 1.165) is 23.4 Å². The van der Waals surface area contributed by atoms with Gasteiger partial charge < -0.3 is 10.1 Å². The Morgan fingerprint density at radius 1 is 1.38 bits per heavy atom. The Kier molecular flexibility index (Phi) is 2.75. The lowest BCUT2D eigenvalue weighted by atomic mass is 10.1. The van der Waals surface area contributed by atoms with E-state index in [0.29, 0.717) is 6.61 Å². The highest BCUT2D eigenvalue weighted by molar-refractivity contribution is 5.61. The maximum absolute atomic E-state index is 8.59. The van der Waals surface area contributed by atoms with Crippen LogP contribution >= 0.6 is 0 Å². The Morgan fingerprint density at radius 2 is 2.19 bits per heavy atom. The summed E-state index contributed by atoms with van der Waals surface area (Å²) >= 11 is 0. The van der Waals surface area contributed by atoms with Gasteiger partial charge in [0.05, 0.1) is 6.61 Å². The van der Waals surface area contributed by atoms with E-state index >= 15 is 0 Å². The Balaban J connectivity index is 2.25. The van der Waals surface area contributed by atoms with E-state index in [2.05, 4.69) is 5.32 Å². The van der Waals surface area contributed by atoms with Crippen molar-refractivity contribution in [1.29, 1.82) is 10.5 Å². The zero-order chi connectivity index (χ0) is 11.4. The molecular weight excluding hydrogens is 202 g/mol. The number of hydrogen-bond acceptors (Lipinski definition) is 4. The SMILES string of the molecule is N#CC(C#N)=CNc1cccc2c1CCO2. The number of nitriles is 2. The van der Waals surface area contributed by atoms with Gasteiger partial charge in [-0.15, -0.1) is 0 Å². The van der Waals surface area contributed by atoms with Gasteiger partial charge in [-0.25, -0.2) is 0 Å². The molecule has 4 heteroatoms. The van der Waals surface area contributed by atoms with Crippen molar-refractivity contribution >= 4 is 5.69 Å². The summed E-state index contributed by atoms with van der Waals surface area (Å²) in [5, 5.41) is 20.1. The number of nitrogens with one attached hydrogen (secondary N) is 1. The van der Waals surface area contributed by atoms with E-state index in [1.54, 1.807) is 12.1 Å². The van der Waals surface area contributed by atoms with Crippen molar-refractivity contribution in [3.8, 4) is 17.9 Å². The van der Waals surface area contributed by atoms with Crippen molar-refractivity contribution in [3.63, 3.8) is 0 Å². The third-order valence-electron chi connectivity index (χ3n) is 2.36. The molecule has 2 rings (SSSR count). The third-order valence-corrected chi connectivity index (χ3v) is 2.36. The minimum Gasteiger partial charge on any atom is -0.493 e. The number of ether oxygens (including phenoxy) is 1. The van der Waals surface area contributed by atoms with E-state index < -0.39 is 0 Å². The predicted octanol–water partition coefficient (Wildman–Crippen LogP) is 1.96. The first-order valence-electron chi connectivity index (χ1n) is 4.86. The van der Waals surface area contributed by atoms with Gasteiger partial charge in [0.1, 0.15) is 23.5 Å². The Labute approximate surface area is 93.4 Å². The normalized spacial score (nSPS) is 11.6. The summed E-state index contributed by atoms with van der Waals surface area (Å²) in [6, 6.07) is 9.27. The molecule has 1 aliphatic heterocycles. The van der Waals surface area contributed by atoms with Crippen LogP contribution in [-0.4, -0.2) is 6.61 Å². The van der Waals surface area contributed by atoms with Crippen molar-refractivity contribution in [1.82, 2.24) is 0 Å². The van der Waals surface area contributed by atoms with Crippen LogP contribution in [0.15, 0.2) is 30.0 Å². The van der Waals surface area contributed by atoms with Gasteiger partial charge in [0.2, 0.25) is 0 Å². The molecule has 1 N–H and O–H groups in total. The highest BCUT2D eigenvalue weighted by atomic mass is 16.5. The second-order valence-electron chi connectivity index (χ2n) is 3.31. The maximum atomic E-state index is 8.59. The molecule has 0 saturated heterocycles. The molecule has 0 spiro atoms. The highest BCUT2D eigenvalue weighted by Gasteiger charge is 2.14. The molecule has 1 aromatic carbocycles. The molecule has 0 aliphatic carbocycles. The van der Waals surface area contributed by atoms with Crippen molar-refractivity contribution in [2.24, 2.45) is 0 Å². The average Bonchev–Trinajstić information content (AvgIpc) is 2.79. The number of allylic oxidation sites excluding steroid dienone is 1. The fourth-order valence-electron chi connectivity index (χ4n) is 1.60. The van der Waals surface area contributed by atoms with Crippen LogP contribution in [0, 0.1) is 22.7 Å². The highest BCUT2D eigenvalue weighted by Crippen LogP contribution is 2.31. The molecule has 0 saturated carbocycles. The van der Waals surface area contributed by atoms with Gasteiger partial charge in [-0.1, -0.05) is 6.07 Å². The Hall–Kier alpha value is -2.46. The molecule has 16 heavy (non-hydrogen) atoms. The van der Waals surface area contributed by atoms with E-state index in [4.69, 9.17) is 15.3 Å². The van der Waals surface area contributed by atoms with Gasteiger partial charge in [-0.3, -0.25) is 0 Å². The summed E-state index contributed by atoms with van der Waals surface area (Å²) in [4.78, 5) is 0. The summed E-state index contributed by atoms with van der Waals surface area (Å²) in [5.74, 6) is 0.869. The number of nitrogens with zero attached hydrogens (tertiary/aromatic N) is 2. The van der Waals surface area contributed by atoms with E-state index in [1.807, 2.05) is 18.2 Å². The Bertz CT molecular complexity index is 504. The lowest BCUT2D eigenvalue weighted by molar-refractivity contribution is 0.357. The smallest absolute Gasteiger partial charge is 0.145 e. The summed E-state index contributed by atoms with van der Waals surface area (Å²) in [7, 11) is 0. The maximum Gasteiger partial charge on any atom is 0.145 e. The quantitative estimate of drug-likeness (QED) is 0.759. The fourth-order valence-corrected chi connectivity index (χ4v) is 1.60. The molecule has 4 nitrogen and oxygen atoms in total. The number of rotatable bonds is 2. The molecule has 0 bridgehead atoms. The zero-order valence-electron chi connectivity index (χ0n) is 8.53. The average molecular weight is 211 g/mol. The van der Waals surface area contributed by atoms with E-state index in [9.17, 15) is 0 Å². The van der Waals surface area contributed by atoms with Gasteiger partial charge in [0.25, 0.3) is 0 Å². The minimum atomic E-state index is 0.0523. The molecule has 0 unspecified atom stereocenters. The zero-order valence-corrected chi connectivity index (χ0v) is 8.53. The summed E-state index contributed by atoms with van der Waals surface area (Å²) in [5.41, 5.74) is 2.03. The van der Waals surface area contributed by atoms with E-state index in [1.165, 1.54) is 6.20 Å². The van der Waals surface area contributed by atoms with Crippen LogP contribution < -0.4 is 10.1 Å². The monoisotopic (exact) mass is 211 g/mol. The van der Waals surface area contributed by atoms with Crippen LogP contribution in [0.3, 0.4) is 0 Å². The molecule has 0 aromatic heterocycles. The fraction of sp³-hybridized carbons (Fsp3) is 0.167. The van der Waals surface area contributed by atoms with Gasteiger partial charge in [-0.05, 0) is 12.1 Å². The van der Waals surface area contributed by atoms with E-state index in [-0.39, 0.29) is 5.57 Å². The van der Waals surface area contributed by atoms with Gasteiger partial charge >= 0.3 is 0 Å². The molecule has 0 amide bonds. The first-order chi connectivity index (χ1) is 7.85. The molecule has 0 fully saturated rings. The topological polar surface area (TPSA) is 68.8 Å². The molecule has 0 radical (unpaired) electrons. The number of fused-ring (bicyclic) bond motifs is 1.